The number of anilines is 1. The molecular formula is C20H16BrN5O2. The van der Waals surface area contributed by atoms with Gasteiger partial charge in [-0.15, -0.1) is 0 Å². The van der Waals surface area contributed by atoms with Crippen molar-refractivity contribution in [2.45, 2.75) is 13.1 Å². The number of fused-ring (bicyclic) bond motifs is 1. The van der Waals surface area contributed by atoms with Crippen LogP contribution in [0, 0.1) is 0 Å². The number of benzene rings is 2. The van der Waals surface area contributed by atoms with Crippen molar-refractivity contribution < 1.29 is 4.79 Å². The predicted octanol–water partition coefficient (Wildman–Crippen LogP) is 3.04. The normalized spacial score (nSPS) is 10.9. The van der Waals surface area contributed by atoms with Crippen LogP contribution in [0.1, 0.15) is 5.56 Å². The molecule has 0 spiro atoms. The van der Waals surface area contributed by atoms with Gasteiger partial charge in [-0.25, -0.2) is 9.67 Å². The second kappa shape index (κ2) is 7.77. The topological polar surface area (TPSA) is 81.8 Å². The summed E-state index contributed by atoms with van der Waals surface area (Å²) in [6, 6.07) is 16.6. The standard InChI is InChI=1S/C20H16BrN5O2/c21-16-7-3-1-5-14(16)11-26-18(9-10-23-26)24-19(27)12-25-13-22-17-8-4-2-6-15(17)20(25)28/h1-10,13H,11-12H2,(H,24,27). The van der Waals surface area contributed by atoms with E-state index in [1.165, 1.54) is 10.9 Å². The number of amides is 1. The van der Waals surface area contributed by atoms with E-state index in [1.807, 2.05) is 30.3 Å². The fourth-order valence-corrected chi connectivity index (χ4v) is 3.32. The van der Waals surface area contributed by atoms with Crippen molar-refractivity contribution in [3.05, 3.63) is 87.5 Å². The molecule has 1 amide bonds. The summed E-state index contributed by atoms with van der Waals surface area (Å²) in [5.74, 6) is 0.232. The summed E-state index contributed by atoms with van der Waals surface area (Å²) >= 11 is 3.52. The zero-order chi connectivity index (χ0) is 19.5. The number of para-hydroxylation sites is 1. The van der Waals surface area contributed by atoms with E-state index < -0.39 is 0 Å². The Morgan fingerprint density at radius 2 is 1.86 bits per heavy atom. The van der Waals surface area contributed by atoms with Crippen molar-refractivity contribution >= 4 is 38.6 Å². The van der Waals surface area contributed by atoms with Gasteiger partial charge in [0.2, 0.25) is 5.91 Å². The van der Waals surface area contributed by atoms with Gasteiger partial charge in [0.15, 0.2) is 0 Å². The molecule has 2 aromatic carbocycles. The molecule has 0 aliphatic heterocycles. The Morgan fingerprint density at radius 3 is 2.71 bits per heavy atom. The average Bonchev–Trinajstić information content (AvgIpc) is 3.12. The number of carbonyl (C=O) groups excluding carboxylic acids is 1. The molecular weight excluding hydrogens is 422 g/mol. The quantitative estimate of drug-likeness (QED) is 0.520. The van der Waals surface area contributed by atoms with E-state index >= 15 is 0 Å². The molecule has 0 aliphatic carbocycles. The third kappa shape index (κ3) is 3.72. The van der Waals surface area contributed by atoms with E-state index in [2.05, 4.69) is 31.3 Å². The van der Waals surface area contributed by atoms with Crippen LogP contribution in [0.15, 0.2) is 76.4 Å². The van der Waals surface area contributed by atoms with E-state index in [4.69, 9.17) is 0 Å². The van der Waals surface area contributed by atoms with Crippen LogP contribution < -0.4 is 10.9 Å². The highest BCUT2D eigenvalue weighted by molar-refractivity contribution is 9.10. The molecule has 0 unspecified atom stereocenters. The summed E-state index contributed by atoms with van der Waals surface area (Å²) in [5, 5.41) is 7.57. The van der Waals surface area contributed by atoms with Crippen molar-refractivity contribution in [1.82, 2.24) is 19.3 Å². The Balaban J connectivity index is 1.51. The van der Waals surface area contributed by atoms with Gasteiger partial charge in [-0.3, -0.25) is 14.2 Å². The molecule has 2 heterocycles. The Morgan fingerprint density at radius 1 is 1.07 bits per heavy atom. The Labute approximate surface area is 168 Å². The highest BCUT2D eigenvalue weighted by Gasteiger charge is 2.11. The van der Waals surface area contributed by atoms with E-state index in [-0.39, 0.29) is 18.0 Å². The number of rotatable bonds is 5. The summed E-state index contributed by atoms with van der Waals surface area (Å²) in [5.41, 5.74) is 1.40. The maximum atomic E-state index is 12.5. The van der Waals surface area contributed by atoms with Crippen LogP contribution in [0.25, 0.3) is 10.9 Å². The molecule has 0 saturated carbocycles. The lowest BCUT2D eigenvalue weighted by molar-refractivity contribution is -0.116. The molecule has 0 atom stereocenters. The van der Waals surface area contributed by atoms with Crippen LogP contribution in [0.2, 0.25) is 0 Å². The Bertz CT molecular complexity index is 1210. The smallest absolute Gasteiger partial charge is 0.261 e. The number of aromatic nitrogens is 4. The zero-order valence-corrected chi connectivity index (χ0v) is 16.3. The monoisotopic (exact) mass is 437 g/mol. The van der Waals surface area contributed by atoms with Crippen LogP contribution in [0.5, 0.6) is 0 Å². The molecule has 2 aromatic heterocycles. The maximum Gasteiger partial charge on any atom is 0.261 e. The van der Waals surface area contributed by atoms with Gasteiger partial charge >= 0.3 is 0 Å². The molecule has 0 fully saturated rings. The summed E-state index contributed by atoms with van der Waals surface area (Å²) in [6.45, 7) is 0.373. The zero-order valence-electron chi connectivity index (χ0n) is 14.7. The van der Waals surface area contributed by atoms with Gasteiger partial charge in [0.1, 0.15) is 12.4 Å². The SMILES string of the molecule is O=C(Cn1cnc2ccccc2c1=O)Nc1ccnn1Cc1ccccc1Br. The average molecular weight is 438 g/mol. The molecule has 0 radical (unpaired) electrons. The molecule has 4 aromatic rings. The molecule has 1 N–H and O–H groups in total. The molecule has 0 saturated heterocycles. The molecule has 0 aliphatic rings. The first-order valence-electron chi connectivity index (χ1n) is 8.61. The molecule has 4 rings (SSSR count). The van der Waals surface area contributed by atoms with Crippen molar-refractivity contribution in [3.63, 3.8) is 0 Å². The van der Waals surface area contributed by atoms with Crippen molar-refractivity contribution in [2.24, 2.45) is 0 Å². The maximum absolute atomic E-state index is 12.5. The third-order valence-electron chi connectivity index (χ3n) is 4.31. The fourth-order valence-electron chi connectivity index (χ4n) is 2.91. The van der Waals surface area contributed by atoms with E-state index in [9.17, 15) is 9.59 Å². The molecule has 7 nitrogen and oxygen atoms in total. The number of halogens is 1. The summed E-state index contributed by atoms with van der Waals surface area (Å²) in [6.07, 6.45) is 3.01. The van der Waals surface area contributed by atoms with Gasteiger partial charge in [-0.1, -0.05) is 46.3 Å². The first-order chi connectivity index (χ1) is 13.6. The van der Waals surface area contributed by atoms with Crippen LogP contribution in [-0.4, -0.2) is 25.2 Å². The molecule has 8 heteroatoms. The summed E-state index contributed by atoms with van der Waals surface area (Å²) in [7, 11) is 0. The van der Waals surface area contributed by atoms with Gasteiger partial charge in [0.25, 0.3) is 5.56 Å². The van der Waals surface area contributed by atoms with Crippen molar-refractivity contribution in [1.29, 1.82) is 0 Å². The van der Waals surface area contributed by atoms with Crippen LogP contribution >= 0.6 is 15.9 Å². The molecule has 0 bridgehead atoms. The van der Waals surface area contributed by atoms with Gasteiger partial charge in [0, 0.05) is 10.5 Å². The number of nitrogens with one attached hydrogen (secondary N) is 1. The number of hydrogen-bond acceptors (Lipinski definition) is 4. The number of nitrogens with zero attached hydrogens (tertiary/aromatic N) is 4. The second-order valence-electron chi connectivity index (χ2n) is 6.21. The van der Waals surface area contributed by atoms with Crippen LogP contribution in [0.4, 0.5) is 5.82 Å². The van der Waals surface area contributed by atoms with Gasteiger partial charge < -0.3 is 5.32 Å². The largest absolute Gasteiger partial charge is 0.309 e. The van der Waals surface area contributed by atoms with Crippen LogP contribution in [0.3, 0.4) is 0 Å². The van der Waals surface area contributed by atoms with Crippen molar-refractivity contribution in [2.75, 3.05) is 5.32 Å². The lowest BCUT2D eigenvalue weighted by atomic mass is 10.2. The highest BCUT2D eigenvalue weighted by atomic mass is 79.9. The lowest BCUT2D eigenvalue weighted by Crippen LogP contribution is -2.28. The highest BCUT2D eigenvalue weighted by Crippen LogP contribution is 2.18. The lowest BCUT2D eigenvalue weighted by Gasteiger charge is -2.11. The fraction of sp³-hybridized carbons (Fsp3) is 0.100. The van der Waals surface area contributed by atoms with Gasteiger partial charge in [0.05, 0.1) is 30.0 Å². The summed E-state index contributed by atoms with van der Waals surface area (Å²) < 4.78 is 3.96. The minimum Gasteiger partial charge on any atom is -0.309 e. The minimum absolute atomic E-state index is 0.128. The minimum atomic E-state index is -0.326. The molecule has 28 heavy (non-hydrogen) atoms. The van der Waals surface area contributed by atoms with Crippen LogP contribution in [-0.2, 0) is 17.9 Å². The van der Waals surface area contributed by atoms with Gasteiger partial charge in [-0.05, 0) is 23.8 Å². The predicted molar refractivity (Wildman–Crippen MR) is 110 cm³/mol. The second-order valence-corrected chi connectivity index (χ2v) is 7.06. The Kier molecular flexibility index (Phi) is 5.03. The molecule has 140 valence electrons. The first kappa shape index (κ1) is 18.1. The number of hydrogen-bond donors (Lipinski definition) is 1. The van der Waals surface area contributed by atoms with E-state index in [0.717, 1.165) is 10.0 Å². The summed E-state index contributed by atoms with van der Waals surface area (Å²) in [4.78, 5) is 29.3. The first-order valence-corrected chi connectivity index (χ1v) is 9.40. The number of carbonyl (C=O) groups is 1. The van der Waals surface area contributed by atoms with E-state index in [1.54, 1.807) is 35.1 Å². The van der Waals surface area contributed by atoms with Gasteiger partial charge in [-0.2, -0.15) is 5.10 Å². The van der Waals surface area contributed by atoms with Crippen molar-refractivity contribution in [3.8, 4) is 0 Å². The third-order valence-corrected chi connectivity index (χ3v) is 5.08. The van der Waals surface area contributed by atoms with E-state index in [0.29, 0.717) is 23.3 Å². The Hall–Kier alpha value is -3.26.